The SMILES string of the molecule is ClC1C=NC(N2CCCCC2)=NC1. The van der Waals surface area contributed by atoms with E-state index in [0.717, 1.165) is 19.0 Å². The Morgan fingerprint density at radius 1 is 1.31 bits per heavy atom. The van der Waals surface area contributed by atoms with Gasteiger partial charge in [-0.2, -0.15) is 0 Å². The van der Waals surface area contributed by atoms with Gasteiger partial charge >= 0.3 is 0 Å². The number of guanidine groups is 1. The number of hydrogen-bond acceptors (Lipinski definition) is 3. The second-order valence-electron chi connectivity index (χ2n) is 3.48. The Balaban J connectivity index is 1.96. The third-order valence-electron chi connectivity index (χ3n) is 2.40. The van der Waals surface area contributed by atoms with Gasteiger partial charge in [0.15, 0.2) is 0 Å². The Morgan fingerprint density at radius 3 is 2.69 bits per heavy atom. The molecule has 2 aliphatic heterocycles. The lowest BCUT2D eigenvalue weighted by Crippen LogP contribution is -2.36. The predicted molar refractivity (Wildman–Crippen MR) is 55.9 cm³/mol. The Labute approximate surface area is 83.5 Å². The molecule has 2 aliphatic rings. The maximum absolute atomic E-state index is 5.85. The molecular weight excluding hydrogens is 186 g/mol. The zero-order valence-corrected chi connectivity index (χ0v) is 8.37. The van der Waals surface area contributed by atoms with Gasteiger partial charge in [0, 0.05) is 19.3 Å². The Hall–Kier alpha value is -0.570. The van der Waals surface area contributed by atoms with E-state index in [4.69, 9.17) is 11.6 Å². The molecule has 1 unspecified atom stereocenters. The zero-order chi connectivity index (χ0) is 9.10. The van der Waals surface area contributed by atoms with Crippen molar-refractivity contribution in [3.05, 3.63) is 0 Å². The number of aliphatic imine (C=N–C) groups is 2. The summed E-state index contributed by atoms with van der Waals surface area (Å²) in [4.78, 5) is 10.9. The Kier molecular flexibility index (Phi) is 2.83. The summed E-state index contributed by atoms with van der Waals surface area (Å²) >= 11 is 5.85. The number of alkyl halides is 1. The molecule has 2 heterocycles. The lowest BCUT2D eigenvalue weighted by Gasteiger charge is -2.28. The normalized spacial score (nSPS) is 28.8. The molecule has 0 aromatic carbocycles. The van der Waals surface area contributed by atoms with E-state index in [0.29, 0.717) is 6.54 Å². The molecule has 0 spiro atoms. The highest BCUT2D eigenvalue weighted by molar-refractivity contribution is 6.29. The van der Waals surface area contributed by atoms with Gasteiger partial charge in [0.05, 0.1) is 11.9 Å². The third-order valence-corrected chi connectivity index (χ3v) is 2.65. The third kappa shape index (κ3) is 2.21. The highest BCUT2D eigenvalue weighted by atomic mass is 35.5. The summed E-state index contributed by atoms with van der Waals surface area (Å²) in [7, 11) is 0. The van der Waals surface area contributed by atoms with Crippen molar-refractivity contribution in [2.75, 3.05) is 19.6 Å². The molecule has 0 N–H and O–H groups in total. The number of hydrogen-bond donors (Lipinski definition) is 0. The fourth-order valence-corrected chi connectivity index (χ4v) is 1.81. The molecule has 4 heteroatoms. The van der Waals surface area contributed by atoms with Crippen molar-refractivity contribution in [1.82, 2.24) is 4.90 Å². The van der Waals surface area contributed by atoms with Crippen molar-refractivity contribution in [1.29, 1.82) is 0 Å². The summed E-state index contributed by atoms with van der Waals surface area (Å²) < 4.78 is 0. The second kappa shape index (κ2) is 4.09. The van der Waals surface area contributed by atoms with Crippen LogP contribution in [0.2, 0.25) is 0 Å². The van der Waals surface area contributed by atoms with Crippen LogP contribution in [0.1, 0.15) is 19.3 Å². The molecule has 0 aliphatic carbocycles. The second-order valence-corrected chi connectivity index (χ2v) is 4.04. The zero-order valence-electron chi connectivity index (χ0n) is 7.62. The van der Waals surface area contributed by atoms with E-state index < -0.39 is 0 Å². The first-order chi connectivity index (χ1) is 6.36. The minimum atomic E-state index is -0.00598. The van der Waals surface area contributed by atoms with E-state index in [-0.39, 0.29) is 5.38 Å². The first-order valence-electron chi connectivity index (χ1n) is 4.84. The number of nitrogens with zero attached hydrogens (tertiary/aromatic N) is 3. The molecule has 0 amide bonds. The van der Waals surface area contributed by atoms with Crippen molar-refractivity contribution >= 4 is 23.8 Å². The van der Waals surface area contributed by atoms with Crippen LogP contribution in [-0.4, -0.2) is 42.1 Å². The Morgan fingerprint density at radius 2 is 2.08 bits per heavy atom. The summed E-state index contributed by atoms with van der Waals surface area (Å²) in [5.41, 5.74) is 0. The van der Waals surface area contributed by atoms with Gasteiger partial charge in [-0.05, 0) is 19.3 Å². The number of likely N-dealkylation sites (tertiary alicyclic amines) is 1. The molecule has 0 saturated carbocycles. The minimum Gasteiger partial charge on any atom is -0.341 e. The lowest BCUT2D eigenvalue weighted by molar-refractivity contribution is 0.338. The fourth-order valence-electron chi connectivity index (χ4n) is 1.68. The van der Waals surface area contributed by atoms with Gasteiger partial charge in [-0.15, -0.1) is 11.6 Å². The first kappa shape index (κ1) is 9.00. The largest absolute Gasteiger partial charge is 0.341 e. The molecule has 1 fully saturated rings. The topological polar surface area (TPSA) is 28.0 Å². The molecule has 0 radical (unpaired) electrons. The van der Waals surface area contributed by atoms with Crippen LogP contribution in [0.25, 0.3) is 0 Å². The van der Waals surface area contributed by atoms with Gasteiger partial charge in [-0.25, -0.2) is 9.98 Å². The molecule has 1 saturated heterocycles. The summed E-state index contributed by atoms with van der Waals surface area (Å²) in [6.45, 7) is 2.88. The first-order valence-corrected chi connectivity index (χ1v) is 5.27. The summed E-state index contributed by atoms with van der Waals surface area (Å²) in [5, 5.41) is -0.00598. The number of halogens is 1. The molecule has 0 aromatic rings. The standard InChI is InChI=1S/C9H14ClN3/c10-8-6-11-9(12-7-8)13-4-2-1-3-5-13/h6,8H,1-5,7H2. The van der Waals surface area contributed by atoms with Crippen LogP contribution in [0.15, 0.2) is 9.98 Å². The van der Waals surface area contributed by atoms with Crippen LogP contribution >= 0.6 is 11.6 Å². The Bertz CT molecular complexity index is 231. The minimum absolute atomic E-state index is 0.00598. The fraction of sp³-hybridized carbons (Fsp3) is 0.778. The monoisotopic (exact) mass is 199 g/mol. The average Bonchev–Trinajstić information content (AvgIpc) is 2.20. The maximum atomic E-state index is 5.85. The van der Waals surface area contributed by atoms with Crippen LogP contribution < -0.4 is 0 Å². The quantitative estimate of drug-likeness (QED) is 0.544. The maximum Gasteiger partial charge on any atom is 0.220 e. The van der Waals surface area contributed by atoms with Crippen molar-refractivity contribution < 1.29 is 0 Å². The van der Waals surface area contributed by atoms with Gasteiger partial charge in [-0.3, -0.25) is 0 Å². The van der Waals surface area contributed by atoms with Crippen LogP contribution in [0, 0.1) is 0 Å². The molecule has 0 bridgehead atoms. The highest BCUT2D eigenvalue weighted by Gasteiger charge is 2.16. The van der Waals surface area contributed by atoms with Gasteiger partial charge < -0.3 is 4.90 Å². The summed E-state index contributed by atoms with van der Waals surface area (Å²) in [6, 6.07) is 0. The van der Waals surface area contributed by atoms with Crippen molar-refractivity contribution in [3.63, 3.8) is 0 Å². The molecule has 3 nitrogen and oxygen atoms in total. The van der Waals surface area contributed by atoms with Crippen molar-refractivity contribution in [3.8, 4) is 0 Å². The molecule has 1 atom stereocenters. The molecule has 2 rings (SSSR count). The lowest BCUT2D eigenvalue weighted by atomic mass is 10.1. The van der Waals surface area contributed by atoms with Crippen molar-refractivity contribution in [2.45, 2.75) is 24.6 Å². The number of rotatable bonds is 0. The van der Waals surface area contributed by atoms with E-state index >= 15 is 0 Å². The van der Waals surface area contributed by atoms with Gasteiger partial charge in [0.1, 0.15) is 0 Å². The van der Waals surface area contributed by atoms with Gasteiger partial charge in [0.25, 0.3) is 0 Å². The van der Waals surface area contributed by atoms with E-state index in [1.165, 1.54) is 19.3 Å². The smallest absolute Gasteiger partial charge is 0.220 e. The van der Waals surface area contributed by atoms with E-state index in [1.807, 2.05) is 0 Å². The molecular formula is C9H14ClN3. The molecule has 13 heavy (non-hydrogen) atoms. The van der Waals surface area contributed by atoms with Crippen LogP contribution in [0.3, 0.4) is 0 Å². The molecule has 0 aromatic heterocycles. The summed E-state index contributed by atoms with van der Waals surface area (Å²) in [5.74, 6) is 0.886. The highest BCUT2D eigenvalue weighted by Crippen LogP contribution is 2.11. The number of piperidine rings is 1. The summed E-state index contributed by atoms with van der Waals surface area (Å²) in [6.07, 6.45) is 5.65. The predicted octanol–water partition coefficient (Wildman–Crippen LogP) is 1.52. The van der Waals surface area contributed by atoms with Crippen LogP contribution in [0.5, 0.6) is 0 Å². The average molecular weight is 200 g/mol. The molecule has 72 valence electrons. The van der Waals surface area contributed by atoms with Gasteiger partial charge in [-0.1, -0.05) is 0 Å². The van der Waals surface area contributed by atoms with Crippen LogP contribution in [-0.2, 0) is 0 Å². The van der Waals surface area contributed by atoms with Crippen molar-refractivity contribution in [2.24, 2.45) is 9.98 Å². The van der Waals surface area contributed by atoms with E-state index in [1.54, 1.807) is 6.21 Å². The van der Waals surface area contributed by atoms with E-state index in [9.17, 15) is 0 Å². The van der Waals surface area contributed by atoms with Crippen LogP contribution in [0.4, 0.5) is 0 Å². The van der Waals surface area contributed by atoms with Gasteiger partial charge in [0.2, 0.25) is 5.96 Å². The van der Waals surface area contributed by atoms with E-state index in [2.05, 4.69) is 14.9 Å².